The number of rotatable bonds is 5. The number of hydrogen-bond acceptors (Lipinski definition) is 2. The van der Waals surface area contributed by atoms with E-state index in [1.807, 2.05) is 11.0 Å². The zero-order valence-electron chi connectivity index (χ0n) is 13.0. The van der Waals surface area contributed by atoms with Crippen LogP contribution in [0.4, 0.5) is 0 Å². The first kappa shape index (κ1) is 15.0. The van der Waals surface area contributed by atoms with E-state index in [0.717, 1.165) is 19.4 Å². The van der Waals surface area contributed by atoms with Gasteiger partial charge in [0.05, 0.1) is 6.04 Å². The fraction of sp³-hybridized carbons (Fsp3) is 0.588. The molecule has 0 aromatic heterocycles. The Bertz CT molecular complexity index is 470. The normalized spacial score (nSPS) is 22.9. The molecule has 0 bridgehead atoms. The van der Waals surface area contributed by atoms with E-state index in [0.29, 0.717) is 5.92 Å². The molecule has 1 saturated heterocycles. The third-order valence-electron chi connectivity index (χ3n) is 3.87. The summed E-state index contributed by atoms with van der Waals surface area (Å²) >= 11 is 0. The lowest BCUT2D eigenvalue weighted by molar-refractivity contribution is -0.130. The summed E-state index contributed by atoms with van der Waals surface area (Å²) in [5.74, 6) is 0.737. The maximum atomic E-state index is 12.6. The van der Waals surface area contributed by atoms with Crippen LogP contribution in [0, 0.1) is 12.8 Å². The van der Waals surface area contributed by atoms with Crippen molar-refractivity contribution in [1.82, 2.24) is 10.2 Å². The van der Waals surface area contributed by atoms with E-state index in [1.54, 1.807) is 0 Å². The molecule has 3 nitrogen and oxygen atoms in total. The minimum absolute atomic E-state index is 0.0247. The molecule has 0 saturated carbocycles. The summed E-state index contributed by atoms with van der Waals surface area (Å²) < 4.78 is 0. The standard InChI is InChI=1S/C17H26N2O/c1-5-8-15-17(20)19(11-12(2)3)16(18-15)14-10-7-6-9-13(14)4/h6-7,9-10,12,15-16,18H,5,8,11H2,1-4H3. The maximum Gasteiger partial charge on any atom is 0.241 e. The molecular formula is C17H26N2O. The summed E-state index contributed by atoms with van der Waals surface area (Å²) in [6.07, 6.45) is 1.97. The van der Waals surface area contributed by atoms with Crippen LogP contribution in [0.25, 0.3) is 0 Å². The van der Waals surface area contributed by atoms with Gasteiger partial charge in [0.1, 0.15) is 6.17 Å². The first-order valence-corrected chi connectivity index (χ1v) is 7.66. The number of amides is 1. The Balaban J connectivity index is 2.29. The predicted molar refractivity (Wildman–Crippen MR) is 82.3 cm³/mol. The lowest BCUT2D eigenvalue weighted by atomic mass is 10.1. The van der Waals surface area contributed by atoms with E-state index < -0.39 is 0 Å². The van der Waals surface area contributed by atoms with Crippen LogP contribution in [-0.4, -0.2) is 23.4 Å². The van der Waals surface area contributed by atoms with Crippen molar-refractivity contribution in [3.63, 3.8) is 0 Å². The van der Waals surface area contributed by atoms with Crippen LogP contribution in [0.2, 0.25) is 0 Å². The molecule has 1 heterocycles. The van der Waals surface area contributed by atoms with Crippen molar-refractivity contribution < 1.29 is 4.79 Å². The minimum Gasteiger partial charge on any atom is -0.321 e. The quantitative estimate of drug-likeness (QED) is 0.894. The maximum absolute atomic E-state index is 12.6. The van der Waals surface area contributed by atoms with Gasteiger partial charge in [-0.1, -0.05) is 51.5 Å². The van der Waals surface area contributed by atoms with Gasteiger partial charge in [-0.3, -0.25) is 10.1 Å². The number of nitrogens with one attached hydrogen (secondary N) is 1. The Hall–Kier alpha value is -1.35. The molecule has 1 aromatic carbocycles. The highest BCUT2D eigenvalue weighted by atomic mass is 16.2. The first-order chi connectivity index (χ1) is 9.54. The molecule has 3 heteroatoms. The molecule has 1 aromatic rings. The van der Waals surface area contributed by atoms with E-state index >= 15 is 0 Å². The molecular weight excluding hydrogens is 248 g/mol. The summed E-state index contributed by atoms with van der Waals surface area (Å²) in [6, 6.07) is 8.31. The Morgan fingerprint density at radius 3 is 2.60 bits per heavy atom. The van der Waals surface area contributed by atoms with Gasteiger partial charge in [0.25, 0.3) is 0 Å². The van der Waals surface area contributed by atoms with Gasteiger partial charge < -0.3 is 4.90 Å². The number of hydrogen-bond donors (Lipinski definition) is 1. The minimum atomic E-state index is -0.0247. The van der Waals surface area contributed by atoms with Crippen LogP contribution >= 0.6 is 0 Å². The molecule has 1 fully saturated rings. The summed E-state index contributed by atoms with van der Waals surface area (Å²) in [7, 11) is 0. The van der Waals surface area contributed by atoms with Crippen molar-refractivity contribution in [3.05, 3.63) is 35.4 Å². The number of carbonyl (C=O) groups is 1. The van der Waals surface area contributed by atoms with Crippen LogP contribution < -0.4 is 5.32 Å². The molecule has 2 atom stereocenters. The van der Waals surface area contributed by atoms with Crippen LogP contribution in [-0.2, 0) is 4.79 Å². The fourth-order valence-corrected chi connectivity index (χ4v) is 2.91. The summed E-state index contributed by atoms with van der Waals surface area (Å²) in [5.41, 5.74) is 2.46. The first-order valence-electron chi connectivity index (χ1n) is 7.66. The van der Waals surface area contributed by atoms with E-state index in [2.05, 4.69) is 51.2 Å². The monoisotopic (exact) mass is 274 g/mol. The van der Waals surface area contributed by atoms with Crippen LogP contribution in [0.15, 0.2) is 24.3 Å². The second-order valence-corrected chi connectivity index (χ2v) is 6.15. The number of nitrogens with zero attached hydrogens (tertiary/aromatic N) is 1. The van der Waals surface area contributed by atoms with E-state index in [4.69, 9.17) is 0 Å². The van der Waals surface area contributed by atoms with Gasteiger partial charge in [-0.2, -0.15) is 0 Å². The molecule has 2 rings (SSSR count). The highest BCUT2D eigenvalue weighted by Crippen LogP contribution is 2.29. The van der Waals surface area contributed by atoms with Gasteiger partial charge in [0.2, 0.25) is 5.91 Å². The molecule has 20 heavy (non-hydrogen) atoms. The van der Waals surface area contributed by atoms with Gasteiger partial charge in [-0.15, -0.1) is 0 Å². The largest absolute Gasteiger partial charge is 0.321 e. The van der Waals surface area contributed by atoms with Crippen molar-refractivity contribution in [1.29, 1.82) is 0 Å². The van der Waals surface area contributed by atoms with Crippen molar-refractivity contribution in [2.75, 3.05) is 6.54 Å². The van der Waals surface area contributed by atoms with Crippen LogP contribution in [0.1, 0.15) is 50.9 Å². The lowest BCUT2D eigenvalue weighted by Crippen LogP contribution is -2.34. The molecule has 110 valence electrons. The predicted octanol–water partition coefficient (Wildman–Crippen LogP) is 3.25. The summed E-state index contributed by atoms with van der Waals surface area (Å²) in [5, 5.41) is 3.53. The molecule has 1 aliphatic rings. The molecule has 0 radical (unpaired) electrons. The van der Waals surface area contributed by atoms with E-state index in [1.165, 1.54) is 11.1 Å². The number of carbonyl (C=O) groups excluding carboxylic acids is 1. The Morgan fingerprint density at radius 1 is 1.30 bits per heavy atom. The lowest BCUT2D eigenvalue weighted by Gasteiger charge is -2.27. The Kier molecular flexibility index (Phi) is 4.81. The highest BCUT2D eigenvalue weighted by Gasteiger charge is 2.39. The highest BCUT2D eigenvalue weighted by molar-refractivity contribution is 5.84. The molecule has 2 unspecified atom stereocenters. The second-order valence-electron chi connectivity index (χ2n) is 6.15. The second kappa shape index (κ2) is 6.40. The van der Waals surface area contributed by atoms with Crippen molar-refractivity contribution in [2.24, 2.45) is 5.92 Å². The molecule has 1 N–H and O–H groups in total. The zero-order valence-corrected chi connectivity index (χ0v) is 13.0. The Labute approximate surface area is 122 Å². The van der Waals surface area contributed by atoms with Gasteiger partial charge >= 0.3 is 0 Å². The molecule has 0 spiro atoms. The SMILES string of the molecule is CCCC1NC(c2ccccc2C)N(CC(C)C)C1=O. The summed E-state index contributed by atoms with van der Waals surface area (Å²) in [4.78, 5) is 14.6. The van der Waals surface area contributed by atoms with Gasteiger partial charge in [-0.25, -0.2) is 0 Å². The fourth-order valence-electron chi connectivity index (χ4n) is 2.91. The molecule has 1 amide bonds. The summed E-state index contributed by atoms with van der Waals surface area (Å²) in [6.45, 7) is 9.38. The number of benzene rings is 1. The number of aryl methyl sites for hydroxylation is 1. The van der Waals surface area contributed by atoms with E-state index in [-0.39, 0.29) is 18.1 Å². The Morgan fingerprint density at radius 2 is 2.00 bits per heavy atom. The molecule has 1 aliphatic heterocycles. The van der Waals surface area contributed by atoms with Gasteiger partial charge in [0.15, 0.2) is 0 Å². The zero-order chi connectivity index (χ0) is 14.7. The van der Waals surface area contributed by atoms with Gasteiger partial charge in [-0.05, 0) is 30.4 Å². The molecule has 0 aliphatic carbocycles. The van der Waals surface area contributed by atoms with Crippen LogP contribution in [0.5, 0.6) is 0 Å². The van der Waals surface area contributed by atoms with Crippen molar-refractivity contribution >= 4 is 5.91 Å². The smallest absolute Gasteiger partial charge is 0.241 e. The van der Waals surface area contributed by atoms with Crippen molar-refractivity contribution in [2.45, 2.75) is 52.7 Å². The topological polar surface area (TPSA) is 32.3 Å². The third-order valence-corrected chi connectivity index (χ3v) is 3.87. The van der Waals surface area contributed by atoms with Crippen molar-refractivity contribution in [3.8, 4) is 0 Å². The third kappa shape index (κ3) is 3.04. The van der Waals surface area contributed by atoms with Gasteiger partial charge in [0, 0.05) is 6.54 Å². The van der Waals surface area contributed by atoms with Crippen LogP contribution in [0.3, 0.4) is 0 Å². The van der Waals surface area contributed by atoms with E-state index in [9.17, 15) is 4.79 Å². The average Bonchev–Trinajstić information content (AvgIpc) is 2.68. The average molecular weight is 274 g/mol.